The summed E-state index contributed by atoms with van der Waals surface area (Å²) in [5, 5.41) is 0.596. The van der Waals surface area contributed by atoms with E-state index in [9.17, 15) is 4.79 Å². The Bertz CT molecular complexity index is 429. The smallest absolute Gasteiger partial charge is 0.254 e. The minimum absolute atomic E-state index is 0.0564. The maximum absolute atomic E-state index is 12.2. The number of halogens is 3. The van der Waals surface area contributed by atoms with Crippen molar-refractivity contribution in [2.75, 3.05) is 27.3 Å². The van der Waals surface area contributed by atoms with Crippen molar-refractivity contribution in [1.29, 1.82) is 0 Å². The summed E-state index contributed by atoms with van der Waals surface area (Å²) in [7, 11) is 3.39. The molecule has 1 aromatic rings. The molecule has 0 aliphatic carbocycles. The monoisotopic (exact) mass is 397 g/mol. The van der Waals surface area contributed by atoms with Crippen molar-refractivity contribution in [1.82, 2.24) is 4.90 Å². The number of carbonyl (C=O) groups excluding carboxylic acids is 1. The Morgan fingerprint density at radius 1 is 1.56 bits per heavy atom. The van der Waals surface area contributed by atoms with Gasteiger partial charge in [0.25, 0.3) is 5.91 Å². The molecule has 18 heavy (non-hydrogen) atoms. The molecule has 1 atom stereocenters. The molecule has 1 aromatic carbocycles. The average molecular weight is 400 g/mol. The summed E-state index contributed by atoms with van der Waals surface area (Å²) < 4.78 is 5.72. The average Bonchev–Trinajstić information content (AvgIpc) is 2.28. The number of benzene rings is 1. The van der Waals surface area contributed by atoms with E-state index < -0.39 is 0 Å². The van der Waals surface area contributed by atoms with Gasteiger partial charge < -0.3 is 9.64 Å². The lowest BCUT2D eigenvalue weighted by atomic mass is 10.2. The fourth-order valence-electron chi connectivity index (χ4n) is 1.48. The third-order valence-corrected chi connectivity index (χ3v) is 3.77. The van der Waals surface area contributed by atoms with Crippen molar-refractivity contribution in [3.05, 3.63) is 33.3 Å². The van der Waals surface area contributed by atoms with Gasteiger partial charge in [-0.15, -0.1) is 0 Å². The second kappa shape index (κ2) is 7.48. The third-order valence-electron chi connectivity index (χ3n) is 2.33. The van der Waals surface area contributed by atoms with E-state index in [1.807, 2.05) is 0 Å². The number of methoxy groups -OCH3 is 1. The van der Waals surface area contributed by atoms with Gasteiger partial charge in [0, 0.05) is 30.2 Å². The van der Waals surface area contributed by atoms with Gasteiger partial charge in [-0.3, -0.25) is 4.79 Å². The van der Waals surface area contributed by atoms with Crippen LogP contribution < -0.4 is 0 Å². The van der Waals surface area contributed by atoms with Crippen molar-refractivity contribution in [2.45, 2.75) is 4.83 Å². The number of rotatable bonds is 5. The molecule has 0 bridgehead atoms. The Kier molecular flexibility index (Phi) is 6.63. The minimum Gasteiger partial charge on any atom is -0.383 e. The van der Waals surface area contributed by atoms with Crippen LogP contribution in [0.5, 0.6) is 0 Å². The molecule has 0 radical (unpaired) electrons. The van der Waals surface area contributed by atoms with Gasteiger partial charge in [0.05, 0.1) is 17.0 Å². The first-order valence-corrected chi connectivity index (χ1v) is 7.38. The van der Waals surface area contributed by atoms with Gasteiger partial charge in [-0.05, 0) is 34.1 Å². The molecule has 0 saturated heterocycles. The van der Waals surface area contributed by atoms with Gasteiger partial charge in [-0.1, -0.05) is 27.5 Å². The SMILES string of the molecule is COCC(Br)CN(C)C(=O)c1ccc(Cl)cc1Br. The molecule has 0 saturated carbocycles. The predicted molar refractivity (Wildman–Crippen MR) is 80.7 cm³/mol. The van der Waals surface area contributed by atoms with E-state index in [1.165, 1.54) is 0 Å². The molecule has 1 amide bonds. The highest BCUT2D eigenvalue weighted by molar-refractivity contribution is 9.10. The van der Waals surface area contributed by atoms with Crippen molar-refractivity contribution in [3.8, 4) is 0 Å². The maximum Gasteiger partial charge on any atom is 0.254 e. The van der Waals surface area contributed by atoms with Gasteiger partial charge in [0.2, 0.25) is 0 Å². The van der Waals surface area contributed by atoms with E-state index in [4.69, 9.17) is 16.3 Å². The zero-order chi connectivity index (χ0) is 13.7. The molecule has 1 rings (SSSR count). The van der Waals surface area contributed by atoms with Gasteiger partial charge in [0.15, 0.2) is 0 Å². The third kappa shape index (κ3) is 4.53. The summed E-state index contributed by atoms with van der Waals surface area (Å²) in [4.78, 5) is 14.0. The topological polar surface area (TPSA) is 29.5 Å². The van der Waals surface area contributed by atoms with Crippen LogP contribution in [0.4, 0.5) is 0 Å². The second-order valence-corrected chi connectivity index (χ2v) is 6.45. The van der Waals surface area contributed by atoms with Crippen LogP contribution in [-0.4, -0.2) is 42.9 Å². The van der Waals surface area contributed by atoms with Crippen molar-refractivity contribution >= 4 is 49.4 Å². The molecule has 0 aromatic heterocycles. The maximum atomic E-state index is 12.2. The van der Waals surface area contributed by atoms with E-state index >= 15 is 0 Å². The van der Waals surface area contributed by atoms with Crippen LogP contribution in [-0.2, 0) is 4.74 Å². The summed E-state index contributed by atoms with van der Waals surface area (Å²) in [5.74, 6) is -0.0564. The molecule has 6 heteroatoms. The van der Waals surface area contributed by atoms with Crippen LogP contribution in [0, 0.1) is 0 Å². The van der Waals surface area contributed by atoms with Crippen LogP contribution >= 0.6 is 43.5 Å². The number of amides is 1. The summed E-state index contributed by atoms with van der Waals surface area (Å²) in [6.07, 6.45) is 0. The Balaban J connectivity index is 2.74. The van der Waals surface area contributed by atoms with E-state index in [0.29, 0.717) is 28.2 Å². The molecule has 100 valence electrons. The van der Waals surface area contributed by atoms with Gasteiger partial charge in [-0.25, -0.2) is 0 Å². The van der Waals surface area contributed by atoms with Crippen molar-refractivity contribution in [2.24, 2.45) is 0 Å². The van der Waals surface area contributed by atoms with Crippen LogP contribution in [0.2, 0.25) is 5.02 Å². The molecular formula is C12H14Br2ClNO2. The molecule has 3 nitrogen and oxygen atoms in total. The fraction of sp³-hybridized carbons (Fsp3) is 0.417. The lowest BCUT2D eigenvalue weighted by Crippen LogP contribution is -2.33. The van der Waals surface area contributed by atoms with E-state index in [1.54, 1.807) is 37.3 Å². The number of hydrogen-bond acceptors (Lipinski definition) is 2. The number of ether oxygens (including phenoxy) is 1. The summed E-state index contributed by atoms with van der Waals surface area (Å²) in [6, 6.07) is 5.13. The number of hydrogen-bond donors (Lipinski definition) is 0. The van der Waals surface area contributed by atoms with Crippen LogP contribution in [0.1, 0.15) is 10.4 Å². The highest BCUT2D eigenvalue weighted by Crippen LogP contribution is 2.22. The molecule has 0 N–H and O–H groups in total. The fourth-order valence-corrected chi connectivity index (χ4v) is 3.03. The Labute approximate surface area is 129 Å². The first-order valence-electron chi connectivity index (χ1n) is 5.29. The molecule has 0 aliphatic rings. The summed E-state index contributed by atoms with van der Waals surface area (Å²) in [6.45, 7) is 1.13. The van der Waals surface area contributed by atoms with Crippen molar-refractivity contribution in [3.63, 3.8) is 0 Å². The van der Waals surface area contributed by atoms with Gasteiger partial charge in [-0.2, -0.15) is 0 Å². The minimum atomic E-state index is -0.0564. The zero-order valence-electron chi connectivity index (χ0n) is 10.1. The van der Waals surface area contributed by atoms with E-state index in [0.717, 1.165) is 0 Å². The normalized spacial score (nSPS) is 12.3. The highest BCUT2D eigenvalue weighted by atomic mass is 79.9. The van der Waals surface area contributed by atoms with Gasteiger partial charge in [0.1, 0.15) is 0 Å². The molecular weight excluding hydrogens is 385 g/mol. The first kappa shape index (κ1) is 16.0. The number of alkyl halides is 1. The Hall–Kier alpha value is -0.100. The lowest BCUT2D eigenvalue weighted by Gasteiger charge is -2.21. The first-order chi connectivity index (χ1) is 8.45. The molecule has 0 fully saturated rings. The molecule has 0 heterocycles. The molecule has 1 unspecified atom stereocenters. The van der Waals surface area contributed by atoms with E-state index in [2.05, 4.69) is 31.9 Å². The van der Waals surface area contributed by atoms with Crippen LogP contribution in [0.3, 0.4) is 0 Å². The number of nitrogens with zero attached hydrogens (tertiary/aromatic N) is 1. The van der Waals surface area contributed by atoms with Crippen molar-refractivity contribution < 1.29 is 9.53 Å². The summed E-state index contributed by atoms with van der Waals surface area (Å²) >= 11 is 12.7. The van der Waals surface area contributed by atoms with Crippen LogP contribution in [0.15, 0.2) is 22.7 Å². The summed E-state index contributed by atoms with van der Waals surface area (Å²) in [5.41, 5.74) is 0.596. The Morgan fingerprint density at radius 2 is 2.22 bits per heavy atom. The predicted octanol–water partition coefficient (Wildman–Crippen LogP) is 3.58. The van der Waals surface area contributed by atoms with Gasteiger partial charge >= 0.3 is 0 Å². The zero-order valence-corrected chi connectivity index (χ0v) is 14.0. The van der Waals surface area contributed by atoms with Crippen LogP contribution in [0.25, 0.3) is 0 Å². The second-order valence-electron chi connectivity index (χ2n) is 3.86. The van der Waals surface area contributed by atoms with E-state index in [-0.39, 0.29) is 10.7 Å². The number of carbonyl (C=O) groups is 1. The highest BCUT2D eigenvalue weighted by Gasteiger charge is 2.17. The molecule has 0 aliphatic heterocycles. The quantitative estimate of drug-likeness (QED) is 0.709. The Morgan fingerprint density at radius 3 is 2.78 bits per heavy atom. The molecule has 0 spiro atoms. The largest absolute Gasteiger partial charge is 0.383 e. The standard InChI is InChI=1S/C12H14Br2ClNO2/c1-16(6-8(13)7-18-2)12(17)10-4-3-9(15)5-11(10)14/h3-5,8H,6-7H2,1-2H3. The lowest BCUT2D eigenvalue weighted by molar-refractivity contribution is 0.0783.